The minimum atomic E-state index is -0.432. The molecule has 84 valence electrons. The number of rotatable bonds is 4. The van der Waals surface area contributed by atoms with Crippen molar-refractivity contribution in [2.45, 2.75) is 44.8 Å². The van der Waals surface area contributed by atoms with E-state index < -0.39 is 6.10 Å². The zero-order valence-corrected chi connectivity index (χ0v) is 8.85. The average Bonchev–Trinajstić information content (AvgIpc) is 2.77. The fraction of sp³-hybridized carbons (Fsp3) is 0.800. The van der Waals surface area contributed by atoms with Crippen molar-refractivity contribution in [3.05, 3.63) is 11.7 Å². The molecule has 0 spiro atoms. The number of aromatic nitrogens is 2. The van der Waals surface area contributed by atoms with Gasteiger partial charge in [-0.25, -0.2) is 0 Å². The molecule has 1 aliphatic rings. The van der Waals surface area contributed by atoms with Gasteiger partial charge in [-0.2, -0.15) is 4.98 Å². The van der Waals surface area contributed by atoms with Crippen LogP contribution in [0, 0.1) is 0 Å². The summed E-state index contributed by atoms with van der Waals surface area (Å²) in [6.07, 6.45) is 3.10. The van der Waals surface area contributed by atoms with Crippen LogP contribution < -0.4 is 0 Å². The zero-order valence-electron chi connectivity index (χ0n) is 8.85. The summed E-state index contributed by atoms with van der Waals surface area (Å²) in [7, 11) is 0. The first-order valence-corrected chi connectivity index (χ1v) is 5.35. The lowest BCUT2D eigenvalue weighted by molar-refractivity contribution is 0.104. The Morgan fingerprint density at radius 2 is 2.47 bits per heavy atom. The fourth-order valence-corrected chi connectivity index (χ4v) is 1.72. The van der Waals surface area contributed by atoms with E-state index in [1.165, 1.54) is 0 Å². The summed E-state index contributed by atoms with van der Waals surface area (Å²) in [5.74, 6) is 1.18. The average molecular weight is 212 g/mol. The molecule has 1 saturated heterocycles. The third kappa shape index (κ3) is 3.00. The standard InChI is InChI=1S/C10H16N2O3/c1-7(13)5-9-11-10(15-12-9)6-8-3-2-4-14-8/h7-8,13H,2-6H2,1H3. The molecule has 2 unspecified atom stereocenters. The van der Waals surface area contributed by atoms with Crippen molar-refractivity contribution in [3.63, 3.8) is 0 Å². The fourth-order valence-electron chi connectivity index (χ4n) is 1.72. The third-order valence-corrected chi connectivity index (χ3v) is 2.41. The Labute approximate surface area is 88.4 Å². The van der Waals surface area contributed by atoms with Crippen LogP contribution in [0.3, 0.4) is 0 Å². The van der Waals surface area contributed by atoms with E-state index in [9.17, 15) is 0 Å². The maximum Gasteiger partial charge on any atom is 0.229 e. The molecule has 5 heteroatoms. The Morgan fingerprint density at radius 1 is 1.60 bits per heavy atom. The van der Waals surface area contributed by atoms with Gasteiger partial charge in [-0.1, -0.05) is 5.16 Å². The Balaban J connectivity index is 1.88. The van der Waals surface area contributed by atoms with E-state index in [1.54, 1.807) is 6.92 Å². The smallest absolute Gasteiger partial charge is 0.229 e. The number of hydrogen-bond donors (Lipinski definition) is 1. The molecule has 5 nitrogen and oxygen atoms in total. The van der Waals surface area contributed by atoms with Gasteiger partial charge in [0, 0.05) is 13.0 Å². The summed E-state index contributed by atoms with van der Waals surface area (Å²) in [6.45, 7) is 2.54. The van der Waals surface area contributed by atoms with Crippen LogP contribution in [0.2, 0.25) is 0 Å². The minimum Gasteiger partial charge on any atom is -0.393 e. The van der Waals surface area contributed by atoms with Crippen molar-refractivity contribution in [1.29, 1.82) is 0 Å². The Kier molecular flexibility index (Phi) is 3.33. The van der Waals surface area contributed by atoms with Crippen LogP contribution in [0.25, 0.3) is 0 Å². The molecule has 1 fully saturated rings. The van der Waals surface area contributed by atoms with Crippen molar-refractivity contribution in [2.75, 3.05) is 6.61 Å². The first kappa shape index (κ1) is 10.6. The van der Waals surface area contributed by atoms with E-state index in [0.29, 0.717) is 24.6 Å². The quantitative estimate of drug-likeness (QED) is 0.796. The Hall–Kier alpha value is -0.940. The van der Waals surface area contributed by atoms with Gasteiger partial charge in [0.15, 0.2) is 5.82 Å². The Morgan fingerprint density at radius 3 is 3.13 bits per heavy atom. The minimum absolute atomic E-state index is 0.227. The van der Waals surface area contributed by atoms with E-state index in [2.05, 4.69) is 10.1 Å². The molecule has 0 bridgehead atoms. The normalized spacial score (nSPS) is 23.2. The van der Waals surface area contributed by atoms with Crippen molar-refractivity contribution < 1.29 is 14.4 Å². The molecule has 2 heterocycles. The van der Waals surface area contributed by atoms with Crippen LogP contribution in [0.15, 0.2) is 4.52 Å². The molecule has 1 aromatic rings. The second-order valence-corrected chi connectivity index (χ2v) is 4.00. The van der Waals surface area contributed by atoms with Gasteiger partial charge >= 0.3 is 0 Å². The predicted molar refractivity (Wildman–Crippen MR) is 52.4 cm³/mol. The molecule has 2 rings (SSSR count). The zero-order chi connectivity index (χ0) is 10.7. The third-order valence-electron chi connectivity index (χ3n) is 2.41. The maximum absolute atomic E-state index is 9.15. The molecule has 15 heavy (non-hydrogen) atoms. The van der Waals surface area contributed by atoms with Gasteiger partial charge in [0.05, 0.1) is 18.6 Å². The monoisotopic (exact) mass is 212 g/mol. The molecule has 1 N–H and O–H groups in total. The van der Waals surface area contributed by atoms with Gasteiger partial charge in [-0.3, -0.25) is 0 Å². The van der Waals surface area contributed by atoms with Gasteiger partial charge in [0.2, 0.25) is 5.89 Å². The van der Waals surface area contributed by atoms with E-state index in [-0.39, 0.29) is 6.10 Å². The van der Waals surface area contributed by atoms with E-state index in [4.69, 9.17) is 14.4 Å². The highest BCUT2D eigenvalue weighted by Gasteiger charge is 2.19. The van der Waals surface area contributed by atoms with Crippen molar-refractivity contribution in [1.82, 2.24) is 10.1 Å². The van der Waals surface area contributed by atoms with Crippen molar-refractivity contribution in [3.8, 4) is 0 Å². The van der Waals surface area contributed by atoms with Crippen LogP contribution in [-0.4, -0.2) is 34.1 Å². The van der Waals surface area contributed by atoms with Gasteiger partial charge < -0.3 is 14.4 Å². The first-order valence-electron chi connectivity index (χ1n) is 5.35. The van der Waals surface area contributed by atoms with E-state index >= 15 is 0 Å². The molecule has 0 aliphatic carbocycles. The van der Waals surface area contributed by atoms with E-state index in [1.807, 2.05) is 0 Å². The lowest BCUT2D eigenvalue weighted by Gasteiger charge is -2.03. The summed E-state index contributed by atoms with van der Waals surface area (Å²) >= 11 is 0. The van der Waals surface area contributed by atoms with Gasteiger partial charge in [0.25, 0.3) is 0 Å². The topological polar surface area (TPSA) is 68.4 Å². The van der Waals surface area contributed by atoms with Crippen LogP contribution in [0.4, 0.5) is 0 Å². The van der Waals surface area contributed by atoms with E-state index in [0.717, 1.165) is 19.4 Å². The maximum atomic E-state index is 9.15. The highest BCUT2D eigenvalue weighted by atomic mass is 16.5. The van der Waals surface area contributed by atoms with Gasteiger partial charge in [-0.05, 0) is 19.8 Å². The van der Waals surface area contributed by atoms with Gasteiger partial charge in [0.1, 0.15) is 0 Å². The Bertz CT molecular complexity index is 305. The SMILES string of the molecule is CC(O)Cc1noc(CC2CCCO2)n1. The summed E-state index contributed by atoms with van der Waals surface area (Å²) in [5.41, 5.74) is 0. The lowest BCUT2D eigenvalue weighted by Crippen LogP contribution is -2.09. The molecule has 0 amide bonds. The van der Waals surface area contributed by atoms with Crippen LogP contribution in [-0.2, 0) is 17.6 Å². The number of aliphatic hydroxyl groups excluding tert-OH is 1. The summed E-state index contributed by atoms with van der Waals surface area (Å²) < 4.78 is 10.5. The number of ether oxygens (including phenoxy) is 1. The molecule has 2 atom stereocenters. The second kappa shape index (κ2) is 4.72. The highest BCUT2D eigenvalue weighted by Crippen LogP contribution is 2.16. The molecule has 1 aromatic heterocycles. The lowest BCUT2D eigenvalue weighted by atomic mass is 10.2. The molecular formula is C10H16N2O3. The van der Waals surface area contributed by atoms with Crippen molar-refractivity contribution in [2.24, 2.45) is 0 Å². The number of nitrogens with zero attached hydrogens (tertiary/aromatic N) is 2. The summed E-state index contributed by atoms with van der Waals surface area (Å²) in [4.78, 5) is 4.20. The predicted octanol–water partition coefficient (Wildman–Crippen LogP) is 0.714. The number of hydrogen-bond acceptors (Lipinski definition) is 5. The van der Waals surface area contributed by atoms with Crippen molar-refractivity contribution >= 4 is 0 Å². The molecule has 0 aromatic carbocycles. The van der Waals surface area contributed by atoms with Crippen LogP contribution in [0.1, 0.15) is 31.5 Å². The van der Waals surface area contributed by atoms with Crippen LogP contribution >= 0.6 is 0 Å². The molecule has 0 saturated carbocycles. The second-order valence-electron chi connectivity index (χ2n) is 4.00. The number of aliphatic hydroxyl groups is 1. The molecular weight excluding hydrogens is 196 g/mol. The molecule has 1 aliphatic heterocycles. The van der Waals surface area contributed by atoms with Gasteiger partial charge in [-0.15, -0.1) is 0 Å². The van der Waals surface area contributed by atoms with Crippen LogP contribution in [0.5, 0.6) is 0 Å². The molecule has 0 radical (unpaired) electrons. The largest absolute Gasteiger partial charge is 0.393 e. The summed E-state index contributed by atoms with van der Waals surface area (Å²) in [5, 5.41) is 12.9. The highest BCUT2D eigenvalue weighted by molar-refractivity contribution is 4.90. The first-order chi connectivity index (χ1) is 7.24. The summed E-state index contributed by atoms with van der Waals surface area (Å²) in [6, 6.07) is 0.